The Bertz CT molecular complexity index is 540. The first kappa shape index (κ1) is 15.7. The number of halogens is 2. The van der Waals surface area contributed by atoms with Crippen LogP contribution in [0.3, 0.4) is 0 Å². The highest BCUT2D eigenvalue weighted by atomic mass is 79.9. The molecule has 1 aromatic heterocycles. The molecule has 0 aliphatic heterocycles. The summed E-state index contributed by atoms with van der Waals surface area (Å²) in [6, 6.07) is 12.9. The summed E-state index contributed by atoms with van der Waals surface area (Å²) >= 11 is 7.04. The van der Waals surface area contributed by atoms with Crippen LogP contribution in [0.15, 0.2) is 51.5 Å². The molecule has 0 aliphatic carbocycles. The van der Waals surface area contributed by atoms with E-state index in [2.05, 4.69) is 73.3 Å². The van der Waals surface area contributed by atoms with Gasteiger partial charge in [-0.1, -0.05) is 41.1 Å². The molecule has 1 atom stereocenters. The van der Waals surface area contributed by atoms with Gasteiger partial charge < -0.3 is 5.32 Å². The van der Waals surface area contributed by atoms with Gasteiger partial charge in [-0.25, -0.2) is 0 Å². The zero-order chi connectivity index (χ0) is 14.4. The van der Waals surface area contributed by atoms with Crippen molar-refractivity contribution in [2.45, 2.75) is 25.8 Å². The lowest BCUT2D eigenvalue weighted by Gasteiger charge is -2.18. The van der Waals surface area contributed by atoms with Gasteiger partial charge in [-0.2, -0.15) is 0 Å². The number of pyridine rings is 1. The molecule has 1 N–H and O–H groups in total. The second-order valence-corrected chi connectivity index (χ2v) is 6.49. The van der Waals surface area contributed by atoms with Crippen molar-refractivity contribution in [1.82, 2.24) is 10.3 Å². The molecule has 1 aromatic carbocycles. The van der Waals surface area contributed by atoms with E-state index in [0.717, 1.165) is 29.6 Å². The van der Waals surface area contributed by atoms with Crippen LogP contribution in [0.1, 0.15) is 18.2 Å². The highest BCUT2D eigenvalue weighted by Gasteiger charge is 2.12. The van der Waals surface area contributed by atoms with Crippen LogP contribution in [0.5, 0.6) is 0 Å². The normalized spacial score (nSPS) is 12.3. The first-order chi connectivity index (χ1) is 9.69. The molecule has 0 bridgehead atoms. The molecular weight excluding hydrogens is 380 g/mol. The van der Waals surface area contributed by atoms with Crippen molar-refractivity contribution in [2.24, 2.45) is 0 Å². The first-order valence-electron chi connectivity index (χ1n) is 6.76. The Kier molecular flexibility index (Phi) is 6.20. The SMILES string of the molecule is CCNC(Cc1ccc(Br)cn1)Cc1ccccc1Br. The summed E-state index contributed by atoms with van der Waals surface area (Å²) in [7, 11) is 0. The van der Waals surface area contributed by atoms with Crippen molar-refractivity contribution in [2.75, 3.05) is 6.54 Å². The summed E-state index contributed by atoms with van der Waals surface area (Å²) in [5.41, 5.74) is 2.45. The van der Waals surface area contributed by atoms with E-state index in [0.29, 0.717) is 6.04 Å². The third-order valence-electron chi connectivity index (χ3n) is 3.16. The predicted molar refractivity (Wildman–Crippen MR) is 91.0 cm³/mol. The van der Waals surface area contributed by atoms with Crippen LogP contribution in [0.25, 0.3) is 0 Å². The van der Waals surface area contributed by atoms with Gasteiger partial charge in [-0.15, -0.1) is 0 Å². The molecule has 0 amide bonds. The fourth-order valence-electron chi connectivity index (χ4n) is 2.21. The largest absolute Gasteiger partial charge is 0.314 e. The lowest BCUT2D eigenvalue weighted by molar-refractivity contribution is 0.516. The summed E-state index contributed by atoms with van der Waals surface area (Å²) in [5.74, 6) is 0. The maximum atomic E-state index is 4.47. The van der Waals surface area contributed by atoms with Crippen LogP contribution in [0, 0.1) is 0 Å². The number of likely N-dealkylation sites (N-methyl/N-ethyl adjacent to an activating group) is 1. The Balaban J connectivity index is 2.07. The monoisotopic (exact) mass is 396 g/mol. The summed E-state index contributed by atoms with van der Waals surface area (Å²) in [5, 5.41) is 3.55. The van der Waals surface area contributed by atoms with Crippen LogP contribution in [-0.4, -0.2) is 17.6 Å². The van der Waals surface area contributed by atoms with Crippen molar-refractivity contribution in [3.63, 3.8) is 0 Å². The molecule has 2 aromatic rings. The van der Waals surface area contributed by atoms with Gasteiger partial charge in [0.2, 0.25) is 0 Å². The number of benzene rings is 1. The van der Waals surface area contributed by atoms with E-state index < -0.39 is 0 Å². The zero-order valence-corrected chi connectivity index (χ0v) is 14.6. The Morgan fingerprint density at radius 2 is 1.90 bits per heavy atom. The molecule has 0 radical (unpaired) electrons. The van der Waals surface area contributed by atoms with Gasteiger partial charge in [0.15, 0.2) is 0 Å². The molecule has 106 valence electrons. The summed E-state index contributed by atoms with van der Waals surface area (Å²) in [4.78, 5) is 4.47. The van der Waals surface area contributed by atoms with Gasteiger partial charge >= 0.3 is 0 Å². The Morgan fingerprint density at radius 1 is 1.10 bits per heavy atom. The summed E-state index contributed by atoms with van der Waals surface area (Å²) < 4.78 is 2.19. The van der Waals surface area contributed by atoms with Crippen molar-refractivity contribution in [3.8, 4) is 0 Å². The van der Waals surface area contributed by atoms with Crippen LogP contribution in [0.4, 0.5) is 0 Å². The van der Waals surface area contributed by atoms with Crippen LogP contribution in [-0.2, 0) is 12.8 Å². The molecule has 0 saturated carbocycles. The average molecular weight is 398 g/mol. The third kappa shape index (κ3) is 4.69. The quantitative estimate of drug-likeness (QED) is 0.782. The molecule has 1 heterocycles. The highest BCUT2D eigenvalue weighted by molar-refractivity contribution is 9.10. The zero-order valence-electron chi connectivity index (χ0n) is 11.4. The van der Waals surface area contributed by atoms with E-state index in [1.165, 1.54) is 10.0 Å². The fourth-order valence-corrected chi connectivity index (χ4v) is 2.90. The molecule has 0 fully saturated rings. The minimum absolute atomic E-state index is 0.396. The molecule has 1 unspecified atom stereocenters. The van der Waals surface area contributed by atoms with Crippen molar-refractivity contribution in [1.29, 1.82) is 0 Å². The molecule has 20 heavy (non-hydrogen) atoms. The number of nitrogens with zero attached hydrogens (tertiary/aromatic N) is 1. The van der Waals surface area contributed by atoms with Gasteiger partial charge in [0.05, 0.1) is 0 Å². The maximum Gasteiger partial charge on any atom is 0.0420 e. The van der Waals surface area contributed by atoms with Gasteiger partial charge in [0, 0.05) is 33.3 Å². The number of aromatic nitrogens is 1. The predicted octanol–water partition coefficient (Wildman–Crippen LogP) is 4.37. The lowest BCUT2D eigenvalue weighted by atomic mass is 10.0. The Morgan fingerprint density at radius 3 is 2.55 bits per heavy atom. The number of hydrogen-bond donors (Lipinski definition) is 1. The standard InChI is InChI=1S/C16H18Br2N2/c1-2-19-15(9-12-5-3-4-6-16(12)18)10-14-8-7-13(17)11-20-14/h3-8,11,15,19H,2,9-10H2,1H3. The molecule has 0 spiro atoms. The van der Waals surface area contributed by atoms with Gasteiger partial charge in [0.1, 0.15) is 0 Å². The summed E-state index contributed by atoms with van der Waals surface area (Å²) in [6.45, 7) is 3.10. The number of rotatable bonds is 6. The van der Waals surface area contributed by atoms with Gasteiger partial charge in [0.25, 0.3) is 0 Å². The Hall–Kier alpha value is -0.710. The second-order valence-electron chi connectivity index (χ2n) is 4.72. The molecular formula is C16H18Br2N2. The minimum Gasteiger partial charge on any atom is -0.314 e. The number of hydrogen-bond acceptors (Lipinski definition) is 2. The van der Waals surface area contributed by atoms with Crippen LogP contribution in [0.2, 0.25) is 0 Å². The molecule has 2 rings (SSSR count). The minimum atomic E-state index is 0.396. The third-order valence-corrected chi connectivity index (χ3v) is 4.40. The van der Waals surface area contributed by atoms with Crippen LogP contribution < -0.4 is 5.32 Å². The first-order valence-corrected chi connectivity index (χ1v) is 8.35. The van der Waals surface area contributed by atoms with Crippen LogP contribution >= 0.6 is 31.9 Å². The van der Waals surface area contributed by atoms with Gasteiger partial charge in [-0.3, -0.25) is 4.98 Å². The van der Waals surface area contributed by atoms with E-state index in [4.69, 9.17) is 0 Å². The molecule has 0 saturated heterocycles. The molecule has 2 nitrogen and oxygen atoms in total. The topological polar surface area (TPSA) is 24.9 Å². The number of nitrogens with one attached hydrogen (secondary N) is 1. The molecule has 0 aliphatic rings. The Labute approximate surface area is 137 Å². The smallest absolute Gasteiger partial charge is 0.0420 e. The average Bonchev–Trinajstić information content (AvgIpc) is 2.44. The van der Waals surface area contributed by atoms with E-state index in [1.807, 2.05) is 18.3 Å². The van der Waals surface area contributed by atoms with E-state index in [1.54, 1.807) is 0 Å². The summed E-state index contributed by atoms with van der Waals surface area (Å²) in [6.07, 6.45) is 3.78. The van der Waals surface area contributed by atoms with Crippen molar-refractivity contribution >= 4 is 31.9 Å². The van der Waals surface area contributed by atoms with Crippen molar-refractivity contribution in [3.05, 3.63) is 62.8 Å². The fraction of sp³-hybridized carbons (Fsp3) is 0.312. The second kappa shape index (κ2) is 7.91. The van der Waals surface area contributed by atoms with Crippen molar-refractivity contribution < 1.29 is 0 Å². The van der Waals surface area contributed by atoms with E-state index in [-0.39, 0.29) is 0 Å². The van der Waals surface area contributed by atoms with Gasteiger partial charge in [-0.05, 0) is 52.7 Å². The molecule has 4 heteroatoms. The highest BCUT2D eigenvalue weighted by Crippen LogP contribution is 2.19. The van der Waals surface area contributed by atoms with E-state index in [9.17, 15) is 0 Å². The van der Waals surface area contributed by atoms with E-state index >= 15 is 0 Å². The lowest BCUT2D eigenvalue weighted by Crippen LogP contribution is -2.33. The maximum absolute atomic E-state index is 4.47.